The number of nitrogens with two attached hydrogens (primary N) is 1. The molecule has 2 aliphatic carbocycles. The molecule has 0 aromatic carbocycles. The van der Waals surface area contributed by atoms with Crippen LogP contribution < -0.4 is 11.3 Å². The van der Waals surface area contributed by atoms with Gasteiger partial charge in [0.15, 0.2) is 5.82 Å². The highest BCUT2D eigenvalue weighted by atomic mass is 16.5. The smallest absolute Gasteiger partial charge is 0.162 e. The van der Waals surface area contributed by atoms with Gasteiger partial charge >= 0.3 is 0 Å². The molecule has 0 saturated heterocycles. The molecule has 5 heteroatoms. The van der Waals surface area contributed by atoms with Crippen molar-refractivity contribution in [3.8, 4) is 0 Å². The van der Waals surface area contributed by atoms with Crippen LogP contribution in [0.25, 0.3) is 0 Å². The van der Waals surface area contributed by atoms with Gasteiger partial charge in [-0.1, -0.05) is 19.3 Å². The van der Waals surface area contributed by atoms with E-state index in [1.54, 1.807) is 7.11 Å². The zero-order valence-electron chi connectivity index (χ0n) is 11.5. The third-order valence-corrected chi connectivity index (χ3v) is 4.53. The second kappa shape index (κ2) is 5.06. The standard InChI is InChI=1S/C14H22N4O/c1-19-14(8-3-2-4-9-14)13-16-11-7-5-6-10(11)12(17-13)18-15/h2-9,15H2,1H3,(H,16,17,18). The Morgan fingerprint density at radius 2 is 1.89 bits per heavy atom. The molecule has 2 aliphatic rings. The molecule has 0 unspecified atom stereocenters. The predicted molar refractivity (Wildman–Crippen MR) is 73.6 cm³/mol. The summed E-state index contributed by atoms with van der Waals surface area (Å²) in [5.41, 5.74) is 4.78. The molecule has 19 heavy (non-hydrogen) atoms. The van der Waals surface area contributed by atoms with Crippen LogP contribution >= 0.6 is 0 Å². The van der Waals surface area contributed by atoms with Crippen LogP contribution in [0.2, 0.25) is 0 Å². The number of nitrogen functional groups attached to an aromatic ring is 1. The van der Waals surface area contributed by atoms with Crippen molar-refractivity contribution in [3.63, 3.8) is 0 Å². The van der Waals surface area contributed by atoms with E-state index in [-0.39, 0.29) is 5.60 Å². The largest absolute Gasteiger partial charge is 0.370 e. The molecule has 0 atom stereocenters. The number of ether oxygens (including phenoxy) is 1. The van der Waals surface area contributed by atoms with Crippen LogP contribution in [-0.2, 0) is 23.2 Å². The van der Waals surface area contributed by atoms with E-state index < -0.39 is 0 Å². The number of hydrazine groups is 1. The molecule has 1 aromatic heterocycles. The van der Waals surface area contributed by atoms with Crippen LogP contribution in [0.3, 0.4) is 0 Å². The van der Waals surface area contributed by atoms with Gasteiger partial charge in [-0.25, -0.2) is 15.8 Å². The fourth-order valence-corrected chi connectivity index (χ4v) is 3.40. The summed E-state index contributed by atoms with van der Waals surface area (Å²) >= 11 is 0. The third kappa shape index (κ3) is 2.11. The van der Waals surface area contributed by atoms with Gasteiger partial charge in [0.25, 0.3) is 0 Å². The molecule has 5 nitrogen and oxygen atoms in total. The molecule has 0 bridgehead atoms. The fraction of sp³-hybridized carbons (Fsp3) is 0.714. The van der Waals surface area contributed by atoms with Gasteiger partial charge in [-0.2, -0.15) is 0 Å². The monoisotopic (exact) mass is 262 g/mol. The Balaban J connectivity index is 2.04. The van der Waals surface area contributed by atoms with Gasteiger partial charge in [0.05, 0.1) is 0 Å². The number of aryl methyl sites for hydroxylation is 1. The molecule has 1 heterocycles. The lowest BCUT2D eigenvalue weighted by Gasteiger charge is -2.34. The second-order valence-electron chi connectivity index (χ2n) is 5.58. The number of aromatic nitrogens is 2. The van der Waals surface area contributed by atoms with Crippen LogP contribution in [-0.4, -0.2) is 17.1 Å². The molecule has 1 saturated carbocycles. The first-order chi connectivity index (χ1) is 9.29. The number of nitrogens with one attached hydrogen (secondary N) is 1. The molecule has 0 aliphatic heterocycles. The van der Waals surface area contributed by atoms with Crippen LogP contribution in [0.5, 0.6) is 0 Å². The van der Waals surface area contributed by atoms with E-state index in [9.17, 15) is 0 Å². The number of nitrogens with zero attached hydrogens (tertiary/aromatic N) is 2. The van der Waals surface area contributed by atoms with Crippen molar-refractivity contribution >= 4 is 5.82 Å². The Bertz CT molecular complexity index is 469. The lowest BCUT2D eigenvalue weighted by Crippen LogP contribution is -2.34. The molecule has 1 aromatic rings. The van der Waals surface area contributed by atoms with Crippen LogP contribution in [0.4, 0.5) is 5.82 Å². The average molecular weight is 262 g/mol. The molecular weight excluding hydrogens is 240 g/mol. The molecule has 3 rings (SSSR count). The van der Waals surface area contributed by atoms with Gasteiger partial charge in [-0.15, -0.1) is 0 Å². The maximum Gasteiger partial charge on any atom is 0.162 e. The lowest BCUT2D eigenvalue weighted by atomic mass is 9.84. The molecular formula is C14H22N4O. The van der Waals surface area contributed by atoms with Crippen molar-refractivity contribution in [3.05, 3.63) is 17.1 Å². The molecule has 0 spiro atoms. The van der Waals surface area contributed by atoms with Crippen molar-refractivity contribution < 1.29 is 4.74 Å². The number of hydrogen-bond donors (Lipinski definition) is 2. The third-order valence-electron chi connectivity index (χ3n) is 4.53. The predicted octanol–water partition coefficient (Wildman–Crippen LogP) is 2.06. The van der Waals surface area contributed by atoms with Crippen molar-refractivity contribution in [1.82, 2.24) is 9.97 Å². The Morgan fingerprint density at radius 3 is 2.58 bits per heavy atom. The Morgan fingerprint density at radius 1 is 1.11 bits per heavy atom. The number of methoxy groups -OCH3 is 1. The van der Waals surface area contributed by atoms with Crippen molar-refractivity contribution in [2.75, 3.05) is 12.5 Å². The minimum Gasteiger partial charge on any atom is -0.370 e. The average Bonchev–Trinajstić information content (AvgIpc) is 2.95. The van der Waals surface area contributed by atoms with E-state index >= 15 is 0 Å². The quantitative estimate of drug-likeness (QED) is 0.644. The van der Waals surface area contributed by atoms with Gasteiger partial charge in [0.2, 0.25) is 0 Å². The van der Waals surface area contributed by atoms with E-state index in [4.69, 9.17) is 15.6 Å². The fourth-order valence-electron chi connectivity index (χ4n) is 3.40. The summed E-state index contributed by atoms with van der Waals surface area (Å²) in [4.78, 5) is 9.45. The first-order valence-corrected chi connectivity index (χ1v) is 7.21. The highest BCUT2D eigenvalue weighted by Gasteiger charge is 2.38. The first-order valence-electron chi connectivity index (χ1n) is 7.21. The SMILES string of the molecule is COC1(c2nc3c(c(NN)n2)CCC3)CCCCC1. The number of fused-ring (bicyclic) bond motifs is 1. The van der Waals surface area contributed by atoms with Crippen molar-refractivity contribution in [1.29, 1.82) is 0 Å². The Labute approximate surface area is 113 Å². The van der Waals surface area contributed by atoms with Gasteiger partial charge in [0, 0.05) is 18.4 Å². The summed E-state index contributed by atoms with van der Waals surface area (Å²) < 4.78 is 5.83. The molecule has 1 fully saturated rings. The van der Waals surface area contributed by atoms with Gasteiger partial charge in [-0.05, 0) is 32.1 Å². The zero-order chi connectivity index (χ0) is 13.3. The number of hydrogen-bond acceptors (Lipinski definition) is 5. The molecule has 3 N–H and O–H groups in total. The summed E-state index contributed by atoms with van der Waals surface area (Å²) in [6.45, 7) is 0. The summed E-state index contributed by atoms with van der Waals surface area (Å²) in [5, 5.41) is 0. The minimum atomic E-state index is -0.304. The highest BCUT2D eigenvalue weighted by Crippen LogP contribution is 2.40. The van der Waals surface area contributed by atoms with E-state index in [0.29, 0.717) is 0 Å². The topological polar surface area (TPSA) is 73.1 Å². The Hall–Kier alpha value is -1.20. The van der Waals surface area contributed by atoms with Crippen molar-refractivity contribution in [2.24, 2.45) is 5.84 Å². The van der Waals surface area contributed by atoms with Gasteiger partial charge in [0.1, 0.15) is 11.4 Å². The van der Waals surface area contributed by atoms with Crippen LogP contribution in [0.15, 0.2) is 0 Å². The summed E-state index contributed by atoms with van der Waals surface area (Å²) in [6.07, 6.45) is 8.84. The maximum absolute atomic E-state index is 5.83. The normalized spacial score (nSPS) is 21.2. The van der Waals surface area contributed by atoms with E-state index in [0.717, 1.165) is 49.4 Å². The maximum atomic E-state index is 5.83. The van der Waals surface area contributed by atoms with Crippen LogP contribution in [0, 0.1) is 0 Å². The van der Waals surface area contributed by atoms with Crippen LogP contribution in [0.1, 0.15) is 55.6 Å². The van der Waals surface area contributed by atoms with Gasteiger partial charge in [-0.3, -0.25) is 0 Å². The molecule has 0 radical (unpaired) electrons. The van der Waals surface area contributed by atoms with Gasteiger partial charge < -0.3 is 10.2 Å². The van der Waals surface area contributed by atoms with E-state index in [1.165, 1.54) is 24.8 Å². The highest BCUT2D eigenvalue weighted by molar-refractivity contribution is 5.48. The summed E-state index contributed by atoms with van der Waals surface area (Å²) in [7, 11) is 1.78. The molecule has 0 amide bonds. The van der Waals surface area contributed by atoms with E-state index in [2.05, 4.69) is 10.4 Å². The zero-order valence-corrected chi connectivity index (χ0v) is 11.5. The summed E-state index contributed by atoms with van der Waals surface area (Å²) in [6, 6.07) is 0. The Kier molecular flexibility index (Phi) is 3.41. The summed E-state index contributed by atoms with van der Waals surface area (Å²) in [5.74, 6) is 7.24. The van der Waals surface area contributed by atoms with E-state index in [1.807, 2.05) is 0 Å². The first kappa shape index (κ1) is 12.8. The second-order valence-corrected chi connectivity index (χ2v) is 5.58. The minimum absolute atomic E-state index is 0.304. The number of anilines is 1. The molecule has 104 valence electrons. The van der Waals surface area contributed by atoms with Crippen molar-refractivity contribution in [2.45, 2.75) is 57.0 Å². The number of rotatable bonds is 3. The lowest BCUT2D eigenvalue weighted by molar-refractivity contribution is -0.0515.